The number of anilines is 1. The van der Waals surface area contributed by atoms with Gasteiger partial charge in [0.15, 0.2) is 0 Å². The van der Waals surface area contributed by atoms with Gasteiger partial charge in [-0.3, -0.25) is 9.59 Å². The lowest BCUT2D eigenvalue weighted by Gasteiger charge is -2.13. The van der Waals surface area contributed by atoms with Crippen LogP contribution in [0.4, 0.5) is 5.69 Å². The smallest absolute Gasteiger partial charge is 0.276 e. The van der Waals surface area contributed by atoms with Crippen LogP contribution >= 0.6 is 0 Å². The summed E-state index contributed by atoms with van der Waals surface area (Å²) in [7, 11) is 4.75. The molecule has 0 spiro atoms. The Balaban J connectivity index is 1.77. The van der Waals surface area contributed by atoms with Crippen molar-refractivity contribution in [3.63, 3.8) is 0 Å². The van der Waals surface area contributed by atoms with E-state index in [-0.39, 0.29) is 11.5 Å². The van der Waals surface area contributed by atoms with Gasteiger partial charge in [-0.25, -0.2) is 4.52 Å². The topological polar surface area (TPSA) is 86.9 Å². The molecule has 0 aliphatic heterocycles. The van der Waals surface area contributed by atoms with E-state index in [0.29, 0.717) is 33.8 Å². The van der Waals surface area contributed by atoms with Crippen molar-refractivity contribution in [3.05, 3.63) is 64.6 Å². The molecule has 0 atom stereocenters. The van der Waals surface area contributed by atoms with Gasteiger partial charge in [-0.1, -0.05) is 0 Å². The van der Waals surface area contributed by atoms with Gasteiger partial charge in [0, 0.05) is 18.7 Å². The van der Waals surface area contributed by atoms with E-state index in [1.54, 1.807) is 67.3 Å². The zero-order valence-corrected chi connectivity index (χ0v) is 15.6. The molecule has 0 fully saturated rings. The van der Waals surface area contributed by atoms with Crippen LogP contribution in [0.5, 0.6) is 11.5 Å². The molecule has 28 heavy (non-hydrogen) atoms. The highest BCUT2D eigenvalue weighted by Crippen LogP contribution is 2.29. The number of ether oxygens (including phenoxy) is 2. The fraction of sp³-hybridized carbons (Fsp3) is 0.150. The number of carbonyl (C=O) groups is 1. The van der Waals surface area contributed by atoms with Gasteiger partial charge in [0.2, 0.25) is 0 Å². The van der Waals surface area contributed by atoms with Gasteiger partial charge >= 0.3 is 0 Å². The van der Waals surface area contributed by atoms with E-state index < -0.39 is 0 Å². The van der Waals surface area contributed by atoms with Crippen LogP contribution in [-0.2, 0) is 7.05 Å². The zero-order valence-electron chi connectivity index (χ0n) is 15.6. The Morgan fingerprint density at radius 3 is 2.57 bits per heavy atom. The number of nitrogens with one attached hydrogen (secondary N) is 1. The molecule has 142 valence electrons. The maximum Gasteiger partial charge on any atom is 0.276 e. The summed E-state index contributed by atoms with van der Waals surface area (Å²) in [5.74, 6) is 0.778. The van der Waals surface area contributed by atoms with Crippen molar-refractivity contribution in [2.75, 3.05) is 19.5 Å². The third-order valence-corrected chi connectivity index (χ3v) is 4.65. The first-order valence-electron chi connectivity index (χ1n) is 8.53. The Bertz CT molecular complexity index is 1270. The Morgan fingerprint density at radius 2 is 1.82 bits per heavy atom. The lowest BCUT2D eigenvalue weighted by atomic mass is 10.1. The number of amides is 1. The summed E-state index contributed by atoms with van der Waals surface area (Å²) >= 11 is 0. The third-order valence-electron chi connectivity index (χ3n) is 4.65. The van der Waals surface area contributed by atoms with E-state index >= 15 is 0 Å². The second kappa shape index (κ2) is 6.73. The summed E-state index contributed by atoms with van der Waals surface area (Å²) in [5, 5.41) is 7.03. The maximum absolute atomic E-state index is 12.8. The average Bonchev–Trinajstić information content (AvgIpc) is 3.21. The Hall–Kier alpha value is -3.81. The first-order chi connectivity index (χ1) is 13.5. The summed E-state index contributed by atoms with van der Waals surface area (Å²) in [6, 6.07) is 11.9. The molecular formula is C20H18N4O4. The molecule has 8 heteroatoms. The van der Waals surface area contributed by atoms with Crippen LogP contribution in [0.25, 0.3) is 16.6 Å². The lowest BCUT2D eigenvalue weighted by Crippen LogP contribution is -2.20. The number of aryl methyl sites for hydroxylation is 1. The number of hydrogen-bond acceptors (Lipinski definition) is 5. The van der Waals surface area contributed by atoms with Gasteiger partial charge in [-0.05, 0) is 36.4 Å². The molecule has 0 aliphatic rings. The van der Waals surface area contributed by atoms with Gasteiger partial charge < -0.3 is 19.4 Å². The molecule has 4 aromatic rings. The normalized spacial score (nSPS) is 11.0. The molecule has 2 aromatic heterocycles. The average molecular weight is 378 g/mol. The fourth-order valence-corrected chi connectivity index (χ4v) is 3.16. The van der Waals surface area contributed by atoms with E-state index in [4.69, 9.17) is 9.47 Å². The molecule has 0 radical (unpaired) electrons. The van der Waals surface area contributed by atoms with Crippen LogP contribution in [0.1, 0.15) is 10.4 Å². The van der Waals surface area contributed by atoms with Crippen LogP contribution < -0.4 is 20.3 Å². The second-order valence-corrected chi connectivity index (χ2v) is 6.22. The van der Waals surface area contributed by atoms with Crippen LogP contribution in [0.15, 0.2) is 53.5 Å². The number of hydrogen-bond donors (Lipinski definition) is 1. The van der Waals surface area contributed by atoms with Gasteiger partial charge in [0.05, 0.1) is 37.1 Å². The highest BCUT2D eigenvalue weighted by molar-refractivity contribution is 6.06. The minimum atomic E-state index is -0.332. The SMILES string of the molecule is COc1ccc(OC)c(NC(=O)c2ccc3c(c2)n(C)c(=O)c2ccnn23)c1. The molecule has 0 saturated carbocycles. The number of methoxy groups -OCH3 is 2. The number of benzene rings is 2. The van der Waals surface area contributed by atoms with Gasteiger partial charge in [-0.2, -0.15) is 5.10 Å². The maximum atomic E-state index is 12.8. The summed E-state index contributed by atoms with van der Waals surface area (Å²) < 4.78 is 13.6. The lowest BCUT2D eigenvalue weighted by molar-refractivity contribution is 0.102. The fourth-order valence-electron chi connectivity index (χ4n) is 3.16. The molecule has 8 nitrogen and oxygen atoms in total. The van der Waals surface area contributed by atoms with Gasteiger partial charge in [-0.15, -0.1) is 0 Å². The minimum absolute atomic E-state index is 0.183. The van der Waals surface area contributed by atoms with Crippen molar-refractivity contribution in [1.82, 2.24) is 14.2 Å². The first-order valence-corrected chi connectivity index (χ1v) is 8.53. The molecule has 0 saturated heterocycles. The molecular weight excluding hydrogens is 360 g/mol. The van der Waals surface area contributed by atoms with Crippen molar-refractivity contribution < 1.29 is 14.3 Å². The number of nitrogens with zero attached hydrogens (tertiary/aromatic N) is 3. The van der Waals surface area contributed by atoms with Crippen LogP contribution in [0.2, 0.25) is 0 Å². The van der Waals surface area contributed by atoms with E-state index in [2.05, 4.69) is 10.4 Å². The molecule has 1 amide bonds. The quantitative estimate of drug-likeness (QED) is 0.589. The van der Waals surface area contributed by atoms with E-state index in [1.807, 2.05) is 0 Å². The van der Waals surface area contributed by atoms with E-state index in [1.165, 1.54) is 11.7 Å². The number of aromatic nitrogens is 3. The standard InChI is InChI=1S/C20H18N4O4/c1-23-17-10-12(4-6-15(17)24-16(20(23)26)8-9-21-24)19(25)22-14-11-13(27-2)5-7-18(14)28-3/h4-11H,1-3H3,(H,22,25). The summed E-state index contributed by atoms with van der Waals surface area (Å²) in [6.45, 7) is 0. The Kier molecular flexibility index (Phi) is 4.23. The van der Waals surface area contributed by atoms with Crippen molar-refractivity contribution in [2.45, 2.75) is 0 Å². The molecule has 0 bridgehead atoms. The summed E-state index contributed by atoms with van der Waals surface area (Å²) in [6.07, 6.45) is 1.58. The molecule has 2 aromatic carbocycles. The van der Waals surface area contributed by atoms with Gasteiger partial charge in [0.25, 0.3) is 11.5 Å². The molecule has 0 unspecified atom stereocenters. The zero-order chi connectivity index (χ0) is 19.8. The molecule has 4 rings (SSSR count). The third kappa shape index (κ3) is 2.75. The monoisotopic (exact) mass is 378 g/mol. The van der Waals surface area contributed by atoms with Crippen molar-refractivity contribution in [2.24, 2.45) is 7.05 Å². The number of rotatable bonds is 4. The van der Waals surface area contributed by atoms with Crippen molar-refractivity contribution >= 4 is 28.1 Å². The molecule has 0 aliphatic carbocycles. The largest absolute Gasteiger partial charge is 0.497 e. The Morgan fingerprint density at radius 1 is 1.00 bits per heavy atom. The van der Waals surface area contributed by atoms with Gasteiger partial charge in [0.1, 0.15) is 17.0 Å². The highest BCUT2D eigenvalue weighted by atomic mass is 16.5. The number of fused-ring (bicyclic) bond motifs is 3. The van der Waals surface area contributed by atoms with E-state index in [9.17, 15) is 9.59 Å². The minimum Gasteiger partial charge on any atom is -0.497 e. The van der Waals surface area contributed by atoms with Crippen molar-refractivity contribution in [3.8, 4) is 11.5 Å². The van der Waals surface area contributed by atoms with Crippen molar-refractivity contribution in [1.29, 1.82) is 0 Å². The predicted molar refractivity (Wildman–Crippen MR) is 105 cm³/mol. The molecule has 2 heterocycles. The highest BCUT2D eigenvalue weighted by Gasteiger charge is 2.14. The summed E-state index contributed by atoms with van der Waals surface area (Å²) in [4.78, 5) is 25.3. The first kappa shape index (κ1) is 17.6. The summed E-state index contributed by atoms with van der Waals surface area (Å²) in [5.41, 5.74) is 2.52. The Labute approximate surface area is 159 Å². The van der Waals surface area contributed by atoms with Crippen LogP contribution in [-0.4, -0.2) is 34.3 Å². The second-order valence-electron chi connectivity index (χ2n) is 6.22. The predicted octanol–water partition coefficient (Wildman–Crippen LogP) is 2.46. The van der Waals surface area contributed by atoms with Crippen LogP contribution in [0, 0.1) is 0 Å². The molecule has 1 N–H and O–H groups in total. The number of carbonyl (C=O) groups excluding carboxylic acids is 1. The van der Waals surface area contributed by atoms with Crippen LogP contribution in [0.3, 0.4) is 0 Å². The van der Waals surface area contributed by atoms with E-state index in [0.717, 1.165) is 5.52 Å².